The van der Waals surface area contributed by atoms with Gasteiger partial charge in [-0.2, -0.15) is 0 Å². The van der Waals surface area contributed by atoms with Gasteiger partial charge in [0.2, 0.25) is 0 Å². The molecule has 2 aromatic carbocycles. The van der Waals surface area contributed by atoms with E-state index in [2.05, 4.69) is 83.3 Å². The molecule has 2 rings (SSSR count). The minimum absolute atomic E-state index is 0.313. The number of thioether (sulfide) groups is 1. The minimum atomic E-state index is 0.313. The van der Waals surface area contributed by atoms with Crippen molar-refractivity contribution in [3.8, 4) is 0 Å². The maximum absolute atomic E-state index is 3.79. The number of hydrogen-bond donors (Lipinski definition) is 1. The third-order valence-corrected chi connectivity index (χ3v) is 4.80. The summed E-state index contributed by atoms with van der Waals surface area (Å²) >= 11 is 5.36. The van der Waals surface area contributed by atoms with Crippen LogP contribution in [0.2, 0.25) is 0 Å². The maximum Gasteiger partial charge on any atom is 0.0512 e. The second kappa shape index (κ2) is 8.30. The molecule has 3 heteroatoms. The van der Waals surface area contributed by atoms with E-state index in [-0.39, 0.29) is 0 Å². The Labute approximate surface area is 140 Å². The maximum atomic E-state index is 3.79. The first-order chi connectivity index (χ1) is 10.2. The number of benzene rings is 2. The highest BCUT2D eigenvalue weighted by Crippen LogP contribution is 2.31. The van der Waals surface area contributed by atoms with Crippen LogP contribution in [0.1, 0.15) is 24.9 Å². The highest BCUT2D eigenvalue weighted by molar-refractivity contribution is 9.10. The molecule has 0 fully saturated rings. The van der Waals surface area contributed by atoms with Crippen LogP contribution in [0.25, 0.3) is 0 Å². The SMILES string of the molecule is C=CCSc1ccccc1NC(CC)c1cccc(Br)c1. The van der Waals surface area contributed by atoms with Gasteiger partial charge in [-0.3, -0.25) is 0 Å². The molecule has 1 N–H and O–H groups in total. The Balaban J connectivity index is 2.20. The lowest BCUT2D eigenvalue weighted by molar-refractivity contribution is 0.746. The van der Waals surface area contributed by atoms with E-state index in [1.807, 2.05) is 17.8 Å². The number of nitrogens with one attached hydrogen (secondary N) is 1. The van der Waals surface area contributed by atoms with E-state index in [0.29, 0.717) is 6.04 Å². The van der Waals surface area contributed by atoms with Crippen LogP contribution in [0.3, 0.4) is 0 Å². The molecule has 0 amide bonds. The van der Waals surface area contributed by atoms with E-state index >= 15 is 0 Å². The van der Waals surface area contributed by atoms with Crippen molar-refractivity contribution >= 4 is 33.4 Å². The molecule has 0 saturated heterocycles. The third-order valence-electron chi connectivity index (χ3n) is 3.23. The van der Waals surface area contributed by atoms with Crippen LogP contribution in [-0.4, -0.2) is 5.75 Å². The van der Waals surface area contributed by atoms with Crippen LogP contribution in [-0.2, 0) is 0 Å². The summed E-state index contributed by atoms with van der Waals surface area (Å²) in [6.45, 7) is 6.00. The fourth-order valence-corrected chi connectivity index (χ4v) is 3.36. The largest absolute Gasteiger partial charge is 0.377 e. The zero-order valence-corrected chi connectivity index (χ0v) is 14.6. The Morgan fingerprint density at radius 2 is 2.05 bits per heavy atom. The van der Waals surface area contributed by atoms with Crippen molar-refractivity contribution in [1.82, 2.24) is 0 Å². The summed E-state index contributed by atoms with van der Waals surface area (Å²) in [6, 6.07) is 17.3. The van der Waals surface area contributed by atoms with Gasteiger partial charge < -0.3 is 5.32 Å². The summed E-state index contributed by atoms with van der Waals surface area (Å²) in [6.07, 6.45) is 2.98. The summed E-state index contributed by atoms with van der Waals surface area (Å²) in [5.41, 5.74) is 2.49. The lowest BCUT2D eigenvalue weighted by Gasteiger charge is -2.21. The Kier molecular flexibility index (Phi) is 6.40. The quantitative estimate of drug-likeness (QED) is 0.459. The van der Waals surface area contributed by atoms with E-state index in [0.717, 1.165) is 16.6 Å². The molecule has 1 nitrogen and oxygen atoms in total. The molecule has 0 bridgehead atoms. The normalized spacial score (nSPS) is 11.9. The summed E-state index contributed by atoms with van der Waals surface area (Å²) in [4.78, 5) is 1.27. The number of halogens is 1. The summed E-state index contributed by atoms with van der Waals surface area (Å²) < 4.78 is 1.12. The molecule has 0 aliphatic rings. The van der Waals surface area contributed by atoms with E-state index in [1.165, 1.54) is 16.1 Å². The van der Waals surface area contributed by atoms with E-state index in [1.54, 1.807) is 0 Å². The predicted molar refractivity (Wildman–Crippen MR) is 98.2 cm³/mol. The second-order valence-electron chi connectivity index (χ2n) is 4.76. The van der Waals surface area contributed by atoms with Crippen LogP contribution in [0.15, 0.2) is 70.6 Å². The average Bonchev–Trinajstić information content (AvgIpc) is 2.51. The van der Waals surface area contributed by atoms with Gasteiger partial charge in [-0.15, -0.1) is 18.3 Å². The lowest BCUT2D eigenvalue weighted by atomic mass is 10.0. The molecule has 0 aliphatic carbocycles. The van der Waals surface area contributed by atoms with Gasteiger partial charge in [-0.25, -0.2) is 0 Å². The third kappa shape index (κ3) is 4.65. The molecule has 0 aromatic heterocycles. The van der Waals surface area contributed by atoms with Crippen LogP contribution in [0, 0.1) is 0 Å². The molecule has 1 unspecified atom stereocenters. The number of para-hydroxylation sites is 1. The van der Waals surface area contributed by atoms with Gasteiger partial charge in [0.25, 0.3) is 0 Å². The number of anilines is 1. The van der Waals surface area contributed by atoms with Gasteiger partial charge in [0.15, 0.2) is 0 Å². The van der Waals surface area contributed by atoms with Crippen LogP contribution in [0.4, 0.5) is 5.69 Å². The molecule has 0 heterocycles. The van der Waals surface area contributed by atoms with E-state index < -0.39 is 0 Å². The van der Waals surface area contributed by atoms with Gasteiger partial charge in [0, 0.05) is 20.8 Å². The van der Waals surface area contributed by atoms with E-state index in [4.69, 9.17) is 0 Å². The molecular weight excluding hydrogens is 342 g/mol. The topological polar surface area (TPSA) is 12.0 Å². The first kappa shape index (κ1) is 16.2. The lowest BCUT2D eigenvalue weighted by Crippen LogP contribution is -2.10. The second-order valence-corrected chi connectivity index (χ2v) is 6.73. The van der Waals surface area contributed by atoms with E-state index in [9.17, 15) is 0 Å². The van der Waals surface area contributed by atoms with Crippen molar-refractivity contribution in [2.45, 2.75) is 24.3 Å². The standard InChI is InChI=1S/C18H20BrNS/c1-3-12-21-18-11-6-5-10-17(18)20-16(4-2)14-8-7-9-15(19)13-14/h3,5-11,13,16,20H,1,4,12H2,2H3. The molecule has 110 valence electrons. The Morgan fingerprint density at radius 3 is 2.76 bits per heavy atom. The first-order valence-corrected chi connectivity index (χ1v) is 8.87. The molecule has 0 saturated carbocycles. The molecule has 1 atom stereocenters. The predicted octanol–water partition coefficient (Wildman–Crippen LogP) is 6.29. The van der Waals surface area contributed by atoms with Gasteiger partial charge in [-0.05, 0) is 36.2 Å². The fourth-order valence-electron chi connectivity index (χ4n) is 2.19. The molecule has 0 radical (unpaired) electrons. The van der Waals surface area contributed by atoms with Gasteiger partial charge in [0.05, 0.1) is 6.04 Å². The fraction of sp³-hybridized carbons (Fsp3) is 0.222. The Bertz CT molecular complexity index is 597. The minimum Gasteiger partial charge on any atom is -0.377 e. The van der Waals surface area contributed by atoms with Crippen molar-refractivity contribution in [1.29, 1.82) is 0 Å². The van der Waals surface area contributed by atoms with Crippen molar-refractivity contribution in [2.75, 3.05) is 11.1 Å². The van der Waals surface area contributed by atoms with Gasteiger partial charge in [-0.1, -0.05) is 53.2 Å². The Hall–Kier alpha value is -1.19. The molecule has 0 aliphatic heterocycles. The smallest absolute Gasteiger partial charge is 0.0512 e. The molecule has 0 spiro atoms. The van der Waals surface area contributed by atoms with Crippen LogP contribution < -0.4 is 5.32 Å². The molecule has 2 aromatic rings. The van der Waals surface area contributed by atoms with Crippen LogP contribution >= 0.6 is 27.7 Å². The first-order valence-electron chi connectivity index (χ1n) is 7.09. The number of hydrogen-bond acceptors (Lipinski definition) is 2. The highest BCUT2D eigenvalue weighted by atomic mass is 79.9. The average molecular weight is 362 g/mol. The Morgan fingerprint density at radius 1 is 1.24 bits per heavy atom. The zero-order valence-electron chi connectivity index (χ0n) is 12.2. The van der Waals surface area contributed by atoms with Gasteiger partial charge >= 0.3 is 0 Å². The molecule has 21 heavy (non-hydrogen) atoms. The summed E-state index contributed by atoms with van der Waals surface area (Å²) in [5.74, 6) is 0.923. The highest BCUT2D eigenvalue weighted by Gasteiger charge is 2.11. The van der Waals surface area contributed by atoms with Crippen molar-refractivity contribution in [2.24, 2.45) is 0 Å². The van der Waals surface area contributed by atoms with Gasteiger partial charge in [0.1, 0.15) is 0 Å². The van der Waals surface area contributed by atoms with Crippen LogP contribution in [0.5, 0.6) is 0 Å². The zero-order chi connectivity index (χ0) is 15.1. The summed E-state index contributed by atoms with van der Waals surface area (Å²) in [5, 5.41) is 3.67. The number of rotatable bonds is 7. The van der Waals surface area contributed by atoms with Crippen molar-refractivity contribution in [3.05, 3.63) is 71.2 Å². The van der Waals surface area contributed by atoms with Crippen molar-refractivity contribution in [3.63, 3.8) is 0 Å². The summed E-state index contributed by atoms with van der Waals surface area (Å²) in [7, 11) is 0. The van der Waals surface area contributed by atoms with Crippen molar-refractivity contribution < 1.29 is 0 Å². The monoisotopic (exact) mass is 361 g/mol. The molecular formula is C18H20BrNS.